The van der Waals surface area contributed by atoms with Gasteiger partial charge in [0, 0.05) is 28.9 Å². The highest BCUT2D eigenvalue weighted by Gasteiger charge is 2.54. The summed E-state index contributed by atoms with van der Waals surface area (Å²) in [5.41, 5.74) is -0.270. The van der Waals surface area contributed by atoms with E-state index in [4.69, 9.17) is 0 Å². The summed E-state index contributed by atoms with van der Waals surface area (Å²) >= 11 is 1.23. The Morgan fingerprint density at radius 2 is 2.00 bits per heavy atom. The number of hydrogen-bond acceptors (Lipinski definition) is 8. The van der Waals surface area contributed by atoms with Crippen LogP contribution in [0.2, 0.25) is 0 Å². The predicted octanol–water partition coefficient (Wildman–Crippen LogP) is 4.72. The average Bonchev–Trinajstić information content (AvgIpc) is 3.54. The Balaban J connectivity index is 1.31. The number of nitrogens with zero attached hydrogens (tertiary/aromatic N) is 5. The van der Waals surface area contributed by atoms with E-state index in [0.717, 1.165) is 18.5 Å². The summed E-state index contributed by atoms with van der Waals surface area (Å²) in [6.45, 7) is 3.17. The summed E-state index contributed by atoms with van der Waals surface area (Å²) in [5, 5.41) is 13.0. The van der Waals surface area contributed by atoms with Gasteiger partial charge < -0.3 is 15.5 Å². The molecule has 9 nitrogen and oxygen atoms in total. The van der Waals surface area contributed by atoms with Gasteiger partial charge in [0.25, 0.3) is 5.92 Å². The molecule has 5 rings (SSSR count). The summed E-state index contributed by atoms with van der Waals surface area (Å²) in [6, 6.07) is 6.80. The van der Waals surface area contributed by atoms with Crippen LogP contribution in [0.15, 0.2) is 40.5 Å². The van der Waals surface area contributed by atoms with E-state index in [1.165, 1.54) is 24.0 Å². The van der Waals surface area contributed by atoms with Crippen molar-refractivity contribution in [1.29, 1.82) is 0 Å². The lowest BCUT2D eigenvalue weighted by molar-refractivity contribution is -0.122. The highest BCUT2D eigenvalue weighted by Crippen LogP contribution is 2.48. The molecule has 3 aromatic heterocycles. The molecule has 0 radical (unpaired) electrons. The number of aromatic nitrogens is 5. The van der Waals surface area contributed by atoms with Crippen LogP contribution in [-0.4, -0.2) is 55.7 Å². The lowest BCUT2D eigenvalue weighted by atomic mass is 9.91. The van der Waals surface area contributed by atoms with E-state index in [1.54, 1.807) is 12.1 Å². The molecule has 0 bridgehead atoms. The number of halogens is 3. The van der Waals surface area contributed by atoms with Crippen molar-refractivity contribution in [1.82, 2.24) is 25.1 Å². The molecule has 13 heteroatoms. The van der Waals surface area contributed by atoms with Gasteiger partial charge in [0.15, 0.2) is 11.0 Å². The van der Waals surface area contributed by atoms with Crippen LogP contribution < -0.4 is 15.5 Å². The zero-order chi connectivity index (χ0) is 25.5. The van der Waals surface area contributed by atoms with Crippen molar-refractivity contribution >= 4 is 40.9 Å². The fourth-order valence-corrected chi connectivity index (χ4v) is 4.73. The molecule has 0 spiro atoms. The minimum absolute atomic E-state index is 0.141. The van der Waals surface area contributed by atoms with Crippen LogP contribution in [-0.2, 0) is 4.79 Å². The molecule has 2 aliphatic rings. The van der Waals surface area contributed by atoms with Gasteiger partial charge in [-0.2, -0.15) is 5.10 Å². The van der Waals surface area contributed by atoms with E-state index in [9.17, 15) is 18.0 Å². The molecule has 3 aromatic rings. The summed E-state index contributed by atoms with van der Waals surface area (Å²) in [5.74, 6) is -1.90. The van der Waals surface area contributed by atoms with Crippen molar-refractivity contribution in [2.75, 3.05) is 28.6 Å². The van der Waals surface area contributed by atoms with Gasteiger partial charge in [-0.25, -0.2) is 28.1 Å². The minimum Gasteiger partial charge on any atom is -0.350 e. The fourth-order valence-electron chi connectivity index (χ4n) is 4.00. The molecule has 0 atom stereocenters. The van der Waals surface area contributed by atoms with Gasteiger partial charge in [-0.05, 0) is 56.5 Å². The molecule has 3 N–H and O–H groups in total. The second kappa shape index (κ2) is 9.26. The van der Waals surface area contributed by atoms with Gasteiger partial charge >= 0.3 is 0 Å². The summed E-state index contributed by atoms with van der Waals surface area (Å²) in [6.07, 6.45) is 2.44. The molecule has 1 amide bonds. The third-order valence-corrected chi connectivity index (χ3v) is 6.72. The summed E-state index contributed by atoms with van der Waals surface area (Å²) in [4.78, 5) is 27.6. The van der Waals surface area contributed by atoms with Gasteiger partial charge in [0.2, 0.25) is 5.91 Å². The van der Waals surface area contributed by atoms with Crippen LogP contribution in [0.4, 0.5) is 36.4 Å². The Morgan fingerprint density at radius 1 is 1.22 bits per heavy atom. The van der Waals surface area contributed by atoms with Gasteiger partial charge in [0.05, 0.1) is 19.5 Å². The molecule has 1 aliphatic heterocycles. The van der Waals surface area contributed by atoms with Crippen molar-refractivity contribution in [3.63, 3.8) is 0 Å². The van der Waals surface area contributed by atoms with Crippen LogP contribution in [0.1, 0.15) is 31.9 Å². The molecule has 0 aromatic carbocycles. The lowest BCUT2D eigenvalue weighted by Crippen LogP contribution is -2.60. The Kier molecular flexibility index (Phi) is 6.27. The number of nitrogens with one attached hydrogen (secondary N) is 3. The number of amides is 1. The molecular formula is C23H25F3N8OS. The number of pyridine rings is 1. The van der Waals surface area contributed by atoms with Crippen LogP contribution in [0.3, 0.4) is 0 Å². The average molecular weight is 519 g/mol. The standard InChI is InChI=1S/C23H25F3N8OS/c1-13-7-18(33-32-13)28-17-8-19(34-11-23(26,12-34)14-3-4-14)31-21(30-17)36-15-5-6-16(27-10-15)29-20(35)9-22(2,24)25/h5-8,10,14H,3-4,9,11-12H2,1-2H3,(H,27,29,35)(H2,28,30,31,32,33). The van der Waals surface area contributed by atoms with Gasteiger partial charge in [-0.3, -0.25) is 9.89 Å². The maximum absolute atomic E-state index is 14.9. The molecule has 1 saturated carbocycles. The first-order valence-electron chi connectivity index (χ1n) is 11.5. The fraction of sp³-hybridized carbons (Fsp3) is 0.435. The van der Waals surface area contributed by atoms with Crippen molar-refractivity contribution in [3.8, 4) is 0 Å². The number of rotatable bonds is 9. The molecule has 1 aliphatic carbocycles. The number of aryl methyl sites for hydroxylation is 1. The van der Waals surface area contributed by atoms with Crippen LogP contribution >= 0.6 is 11.8 Å². The van der Waals surface area contributed by atoms with Gasteiger partial charge in [-0.15, -0.1) is 0 Å². The first-order chi connectivity index (χ1) is 17.0. The second-order valence-corrected chi connectivity index (χ2v) is 10.4. The Hall–Kier alpha value is -3.35. The zero-order valence-corrected chi connectivity index (χ0v) is 20.5. The maximum atomic E-state index is 14.9. The number of aromatic amines is 1. The first kappa shape index (κ1) is 24.3. The van der Waals surface area contributed by atoms with Crippen LogP contribution in [0, 0.1) is 12.8 Å². The van der Waals surface area contributed by atoms with E-state index in [-0.39, 0.29) is 11.7 Å². The van der Waals surface area contributed by atoms with E-state index in [0.29, 0.717) is 47.5 Å². The molecule has 4 heterocycles. The minimum atomic E-state index is -3.10. The van der Waals surface area contributed by atoms with E-state index < -0.39 is 23.9 Å². The van der Waals surface area contributed by atoms with Crippen molar-refractivity contribution in [3.05, 3.63) is 36.2 Å². The van der Waals surface area contributed by atoms with E-state index in [1.807, 2.05) is 17.9 Å². The van der Waals surface area contributed by atoms with Crippen molar-refractivity contribution in [2.24, 2.45) is 5.92 Å². The van der Waals surface area contributed by atoms with Gasteiger partial charge in [-0.1, -0.05) is 0 Å². The van der Waals surface area contributed by atoms with Gasteiger partial charge in [0.1, 0.15) is 23.1 Å². The SMILES string of the molecule is Cc1cc(Nc2cc(N3CC(F)(C4CC4)C3)nc(Sc3ccc(NC(=O)CC(C)(F)F)nc3)n2)n[nH]1. The lowest BCUT2D eigenvalue weighted by Gasteiger charge is -2.45. The van der Waals surface area contributed by atoms with Crippen LogP contribution in [0.5, 0.6) is 0 Å². The quantitative estimate of drug-likeness (QED) is 0.349. The number of anilines is 4. The highest BCUT2D eigenvalue weighted by atomic mass is 32.2. The second-order valence-electron chi connectivity index (χ2n) is 9.40. The highest BCUT2D eigenvalue weighted by molar-refractivity contribution is 7.99. The zero-order valence-electron chi connectivity index (χ0n) is 19.7. The number of H-pyrrole nitrogens is 1. The first-order valence-corrected chi connectivity index (χ1v) is 12.3. The van der Waals surface area contributed by atoms with Crippen LogP contribution in [0.25, 0.3) is 0 Å². The molecule has 1 saturated heterocycles. The Bertz CT molecular complexity index is 1250. The third-order valence-electron chi connectivity index (χ3n) is 5.88. The topological polar surface area (TPSA) is 112 Å². The monoisotopic (exact) mass is 518 g/mol. The smallest absolute Gasteiger partial charge is 0.254 e. The summed E-state index contributed by atoms with van der Waals surface area (Å²) in [7, 11) is 0. The Labute approximate surface area is 209 Å². The maximum Gasteiger partial charge on any atom is 0.254 e. The third kappa shape index (κ3) is 5.89. The molecule has 0 unspecified atom stereocenters. The number of carbonyl (C=O) groups is 1. The predicted molar refractivity (Wildman–Crippen MR) is 130 cm³/mol. The molecule has 36 heavy (non-hydrogen) atoms. The molecule has 190 valence electrons. The molecule has 2 fully saturated rings. The van der Waals surface area contributed by atoms with Crippen molar-refractivity contribution < 1.29 is 18.0 Å². The number of hydrogen-bond donors (Lipinski definition) is 3. The Morgan fingerprint density at radius 3 is 2.61 bits per heavy atom. The van der Waals surface area contributed by atoms with E-state index >= 15 is 0 Å². The van der Waals surface area contributed by atoms with E-state index in [2.05, 4.69) is 35.8 Å². The van der Waals surface area contributed by atoms with Crippen molar-refractivity contribution in [2.45, 2.75) is 54.8 Å². The summed E-state index contributed by atoms with van der Waals surface area (Å²) < 4.78 is 41.0. The number of carbonyl (C=O) groups excluding carboxylic acids is 1. The normalized spacial score (nSPS) is 17.0. The number of alkyl halides is 3. The largest absolute Gasteiger partial charge is 0.350 e. The molecular weight excluding hydrogens is 493 g/mol.